The highest BCUT2D eigenvalue weighted by Crippen LogP contribution is 2.32. The van der Waals surface area contributed by atoms with Gasteiger partial charge in [-0.3, -0.25) is 4.57 Å². The molecule has 11 heteroatoms. The van der Waals surface area contributed by atoms with Crippen molar-refractivity contribution in [1.29, 1.82) is 0 Å². The summed E-state index contributed by atoms with van der Waals surface area (Å²) < 4.78 is 33.7. The second kappa shape index (κ2) is 7.36. The van der Waals surface area contributed by atoms with E-state index in [1.54, 1.807) is 0 Å². The van der Waals surface area contributed by atoms with Gasteiger partial charge >= 0.3 is 0 Å². The summed E-state index contributed by atoms with van der Waals surface area (Å²) in [5.74, 6) is -1.04. The molecule has 1 aromatic carbocycles. The van der Waals surface area contributed by atoms with Crippen molar-refractivity contribution in [1.82, 2.24) is 19.5 Å². The lowest BCUT2D eigenvalue weighted by Gasteiger charge is -2.16. The minimum Gasteiger partial charge on any atom is -0.394 e. The lowest BCUT2D eigenvalue weighted by molar-refractivity contribution is -0.0511. The van der Waals surface area contributed by atoms with Crippen molar-refractivity contribution < 1.29 is 28.8 Å². The van der Waals surface area contributed by atoms with E-state index < -0.39 is 42.8 Å². The number of benzene rings is 1. The van der Waals surface area contributed by atoms with E-state index in [9.17, 15) is 24.1 Å². The summed E-state index contributed by atoms with van der Waals surface area (Å²) in [7, 11) is 0. The number of ether oxygens (including phenoxy) is 1. The van der Waals surface area contributed by atoms with E-state index in [0.717, 1.165) is 12.1 Å². The first-order chi connectivity index (χ1) is 13.5. The average Bonchev–Trinajstić information content (AvgIpc) is 3.23. The Balaban J connectivity index is 1.60. The van der Waals surface area contributed by atoms with Crippen LogP contribution in [0.5, 0.6) is 0 Å². The molecular weight excluding hydrogens is 376 g/mol. The maximum Gasteiger partial charge on any atom is 0.167 e. The molecule has 1 aliphatic rings. The molecule has 148 valence electrons. The Morgan fingerprint density at radius 3 is 2.68 bits per heavy atom. The van der Waals surface area contributed by atoms with Crippen molar-refractivity contribution in [2.24, 2.45) is 0 Å². The van der Waals surface area contributed by atoms with Crippen LogP contribution in [0.25, 0.3) is 11.2 Å². The number of nitrogens with zero attached hydrogens (tertiary/aromatic N) is 4. The number of hydrogen-bond donors (Lipinski definition) is 4. The normalized spacial score (nSPS) is 24.8. The minimum absolute atomic E-state index is 0.0406. The molecule has 0 radical (unpaired) electrons. The number of fused-ring (bicyclic) bond motifs is 1. The average molecular weight is 393 g/mol. The van der Waals surface area contributed by atoms with Crippen molar-refractivity contribution >= 4 is 17.0 Å². The molecule has 4 N–H and O–H groups in total. The Bertz CT molecular complexity index is 1000. The number of aromatic nitrogens is 4. The zero-order valence-electron chi connectivity index (χ0n) is 14.4. The SMILES string of the molecule is OC[C@H]1OC(n2cnc3c(NCc4ccc(F)cc4F)ncnc32)[C@H](O)[C@@H]1O. The van der Waals surface area contributed by atoms with Gasteiger partial charge in [-0.25, -0.2) is 23.7 Å². The summed E-state index contributed by atoms with van der Waals surface area (Å²) in [6.45, 7) is -0.411. The highest BCUT2D eigenvalue weighted by molar-refractivity contribution is 5.82. The molecule has 28 heavy (non-hydrogen) atoms. The van der Waals surface area contributed by atoms with E-state index in [1.165, 1.54) is 23.3 Å². The molecule has 0 saturated carbocycles. The Hall–Kier alpha value is -2.73. The van der Waals surface area contributed by atoms with Gasteiger partial charge in [-0.1, -0.05) is 6.07 Å². The van der Waals surface area contributed by atoms with Crippen LogP contribution in [-0.4, -0.2) is 59.8 Å². The van der Waals surface area contributed by atoms with Crippen molar-refractivity contribution in [3.8, 4) is 0 Å². The topological polar surface area (TPSA) is 126 Å². The number of hydrogen-bond acceptors (Lipinski definition) is 8. The van der Waals surface area contributed by atoms with Gasteiger partial charge in [-0.15, -0.1) is 0 Å². The maximum atomic E-state index is 13.8. The molecule has 1 aliphatic heterocycles. The molecule has 1 unspecified atom stereocenters. The third kappa shape index (κ3) is 3.18. The van der Waals surface area contributed by atoms with Gasteiger partial charge in [0.25, 0.3) is 0 Å². The first-order valence-corrected chi connectivity index (χ1v) is 8.47. The van der Waals surface area contributed by atoms with Crippen LogP contribution in [0.15, 0.2) is 30.9 Å². The zero-order chi connectivity index (χ0) is 19.8. The molecule has 2 aromatic heterocycles. The number of aliphatic hydroxyl groups excluding tert-OH is 3. The predicted molar refractivity (Wildman–Crippen MR) is 92.0 cm³/mol. The van der Waals surface area contributed by atoms with Crippen LogP contribution in [0.1, 0.15) is 11.8 Å². The molecule has 1 saturated heterocycles. The van der Waals surface area contributed by atoms with Gasteiger partial charge in [0.15, 0.2) is 23.2 Å². The molecular formula is C17H17F2N5O4. The van der Waals surface area contributed by atoms with Crippen molar-refractivity contribution in [2.75, 3.05) is 11.9 Å². The number of nitrogens with one attached hydrogen (secondary N) is 1. The molecule has 3 heterocycles. The number of halogens is 2. The summed E-state index contributed by atoms with van der Waals surface area (Å²) >= 11 is 0. The van der Waals surface area contributed by atoms with Gasteiger partial charge in [0.05, 0.1) is 12.9 Å². The number of anilines is 1. The molecule has 9 nitrogen and oxygen atoms in total. The molecule has 4 atom stereocenters. The third-order valence-corrected chi connectivity index (χ3v) is 4.61. The van der Waals surface area contributed by atoms with E-state index in [1.807, 2.05) is 0 Å². The van der Waals surface area contributed by atoms with Crippen LogP contribution in [0, 0.1) is 11.6 Å². The van der Waals surface area contributed by atoms with Gasteiger partial charge in [0, 0.05) is 18.2 Å². The molecule has 3 aromatic rings. The van der Waals surface area contributed by atoms with Crippen LogP contribution in [0.4, 0.5) is 14.6 Å². The number of aliphatic hydroxyl groups is 3. The monoisotopic (exact) mass is 393 g/mol. The lowest BCUT2D eigenvalue weighted by Crippen LogP contribution is -2.33. The first kappa shape index (κ1) is 18.6. The summed E-state index contributed by atoms with van der Waals surface area (Å²) in [6.07, 6.45) is -1.84. The second-order valence-electron chi connectivity index (χ2n) is 6.36. The Kier molecular flexibility index (Phi) is 4.89. The summed E-state index contributed by atoms with van der Waals surface area (Å²) in [4.78, 5) is 12.4. The molecule has 1 fully saturated rings. The molecule has 0 bridgehead atoms. The predicted octanol–water partition coefficient (Wildman–Crippen LogP) is 0.328. The largest absolute Gasteiger partial charge is 0.394 e. The molecule has 0 aliphatic carbocycles. The van der Waals surface area contributed by atoms with Crippen molar-refractivity contribution in [2.45, 2.75) is 31.1 Å². The van der Waals surface area contributed by atoms with E-state index in [-0.39, 0.29) is 12.1 Å². The fourth-order valence-corrected chi connectivity index (χ4v) is 3.12. The van der Waals surface area contributed by atoms with Gasteiger partial charge < -0.3 is 25.4 Å². The summed E-state index contributed by atoms with van der Waals surface area (Å²) in [5, 5.41) is 32.3. The van der Waals surface area contributed by atoms with Gasteiger partial charge in [0.1, 0.15) is 36.3 Å². The number of imidazole rings is 1. The van der Waals surface area contributed by atoms with Crippen molar-refractivity contribution in [3.63, 3.8) is 0 Å². The van der Waals surface area contributed by atoms with Crippen LogP contribution in [0.2, 0.25) is 0 Å². The van der Waals surface area contributed by atoms with Crippen LogP contribution < -0.4 is 5.32 Å². The smallest absolute Gasteiger partial charge is 0.167 e. The van der Waals surface area contributed by atoms with Crippen LogP contribution >= 0.6 is 0 Å². The first-order valence-electron chi connectivity index (χ1n) is 8.47. The number of rotatable bonds is 5. The van der Waals surface area contributed by atoms with Gasteiger partial charge in [-0.2, -0.15) is 0 Å². The maximum absolute atomic E-state index is 13.8. The second-order valence-corrected chi connectivity index (χ2v) is 6.36. The van der Waals surface area contributed by atoms with E-state index in [4.69, 9.17) is 4.74 Å². The van der Waals surface area contributed by atoms with E-state index in [0.29, 0.717) is 17.0 Å². The van der Waals surface area contributed by atoms with E-state index in [2.05, 4.69) is 20.3 Å². The zero-order valence-corrected chi connectivity index (χ0v) is 14.4. The van der Waals surface area contributed by atoms with E-state index >= 15 is 0 Å². The fraction of sp³-hybridized carbons (Fsp3) is 0.353. The van der Waals surface area contributed by atoms with Crippen molar-refractivity contribution in [3.05, 3.63) is 48.1 Å². The Morgan fingerprint density at radius 1 is 1.14 bits per heavy atom. The van der Waals surface area contributed by atoms with Crippen LogP contribution in [0.3, 0.4) is 0 Å². The minimum atomic E-state index is -1.28. The molecule has 0 spiro atoms. The lowest BCUT2D eigenvalue weighted by atomic mass is 10.1. The third-order valence-electron chi connectivity index (χ3n) is 4.61. The standard InChI is InChI=1S/C17H17F2N5O4/c18-9-2-1-8(10(19)3-9)4-20-15-12-16(22-6-21-15)24(7-23-12)17-14(27)13(26)11(5-25)28-17/h1-3,6-7,11,13-14,17,25-27H,4-5H2,(H,20,21,22)/t11-,13-,14-,17?/m1/s1. The highest BCUT2D eigenvalue weighted by atomic mass is 19.1. The van der Waals surface area contributed by atoms with Gasteiger partial charge in [0.2, 0.25) is 0 Å². The molecule has 0 amide bonds. The summed E-state index contributed by atoms with van der Waals surface area (Å²) in [5.41, 5.74) is 0.894. The Labute approximate surface area is 157 Å². The molecule has 4 rings (SSSR count). The fourth-order valence-electron chi connectivity index (χ4n) is 3.12. The van der Waals surface area contributed by atoms with Crippen LogP contribution in [-0.2, 0) is 11.3 Å². The Morgan fingerprint density at radius 2 is 1.96 bits per heavy atom. The summed E-state index contributed by atoms with van der Waals surface area (Å²) in [6, 6.07) is 3.28. The highest BCUT2D eigenvalue weighted by Gasteiger charge is 2.44. The quantitative estimate of drug-likeness (QED) is 0.489. The van der Waals surface area contributed by atoms with Gasteiger partial charge in [-0.05, 0) is 6.07 Å².